The van der Waals surface area contributed by atoms with Gasteiger partial charge in [0.2, 0.25) is 0 Å². The van der Waals surface area contributed by atoms with Crippen molar-refractivity contribution in [1.82, 2.24) is 5.32 Å². The van der Waals surface area contributed by atoms with Crippen LogP contribution in [0.4, 0.5) is 0 Å². The lowest BCUT2D eigenvalue weighted by atomic mass is 9.95. The highest BCUT2D eigenvalue weighted by Crippen LogP contribution is 2.13. The fourth-order valence-electron chi connectivity index (χ4n) is 2.55. The summed E-state index contributed by atoms with van der Waals surface area (Å²) in [5, 5.41) is 3.68. The molecule has 0 saturated heterocycles. The summed E-state index contributed by atoms with van der Waals surface area (Å²) in [6, 6.07) is 9.78. The maximum atomic E-state index is 3.68. The van der Waals surface area contributed by atoms with Gasteiger partial charge in [-0.3, -0.25) is 0 Å². The number of benzene rings is 1. The molecule has 0 amide bonds. The molecule has 1 unspecified atom stereocenters. The monoisotopic (exact) mass is 261 g/mol. The molecule has 108 valence electrons. The summed E-state index contributed by atoms with van der Waals surface area (Å²) in [5.74, 6) is 0.713. The molecule has 0 aliphatic heterocycles. The van der Waals surface area contributed by atoms with E-state index in [0.29, 0.717) is 12.0 Å². The van der Waals surface area contributed by atoms with Crippen LogP contribution < -0.4 is 5.32 Å². The van der Waals surface area contributed by atoms with Crippen molar-refractivity contribution in [3.63, 3.8) is 0 Å². The summed E-state index contributed by atoms with van der Waals surface area (Å²) < 4.78 is 0. The number of hydrogen-bond acceptors (Lipinski definition) is 1. The molecule has 0 bridgehead atoms. The highest BCUT2D eigenvalue weighted by Gasteiger charge is 2.12. The minimum Gasteiger partial charge on any atom is -0.314 e. The van der Waals surface area contributed by atoms with Gasteiger partial charge in [0.15, 0.2) is 0 Å². The molecule has 0 aromatic heterocycles. The van der Waals surface area contributed by atoms with Crippen molar-refractivity contribution in [2.24, 2.45) is 5.92 Å². The molecule has 1 heteroatoms. The van der Waals surface area contributed by atoms with Crippen molar-refractivity contribution in [3.05, 3.63) is 35.4 Å². The van der Waals surface area contributed by atoms with E-state index in [-0.39, 0.29) is 0 Å². The number of hydrogen-bond donors (Lipinski definition) is 1. The van der Waals surface area contributed by atoms with Gasteiger partial charge < -0.3 is 5.32 Å². The Hall–Kier alpha value is -0.820. The van der Waals surface area contributed by atoms with Gasteiger partial charge >= 0.3 is 0 Å². The van der Waals surface area contributed by atoms with Gasteiger partial charge in [-0.05, 0) is 49.3 Å². The molecule has 0 aliphatic rings. The molecular weight excluding hydrogens is 230 g/mol. The first-order valence-electron chi connectivity index (χ1n) is 7.98. The van der Waals surface area contributed by atoms with Crippen LogP contribution in [0.3, 0.4) is 0 Å². The summed E-state index contributed by atoms with van der Waals surface area (Å²) in [6.07, 6.45) is 6.09. The van der Waals surface area contributed by atoms with Gasteiger partial charge in [-0.25, -0.2) is 0 Å². The maximum absolute atomic E-state index is 3.68. The standard InChI is InChI=1S/C18H31N/c1-5-8-16-9-7-10-17(14-16)11-12-18(15(3)4)19-13-6-2/h7,9-10,14-15,18-19H,5-6,8,11-13H2,1-4H3. The van der Waals surface area contributed by atoms with Crippen molar-refractivity contribution in [3.8, 4) is 0 Å². The lowest BCUT2D eigenvalue weighted by Gasteiger charge is -2.22. The van der Waals surface area contributed by atoms with Crippen LogP contribution in [0.2, 0.25) is 0 Å². The van der Waals surface area contributed by atoms with E-state index in [1.807, 2.05) is 0 Å². The van der Waals surface area contributed by atoms with E-state index in [9.17, 15) is 0 Å². The Balaban J connectivity index is 2.50. The molecule has 1 N–H and O–H groups in total. The third kappa shape index (κ3) is 6.24. The summed E-state index contributed by atoms with van der Waals surface area (Å²) >= 11 is 0. The van der Waals surface area contributed by atoms with Crippen LogP contribution >= 0.6 is 0 Å². The second-order valence-electron chi connectivity index (χ2n) is 5.91. The highest BCUT2D eigenvalue weighted by atomic mass is 14.9. The smallest absolute Gasteiger partial charge is 0.00932 e. The van der Waals surface area contributed by atoms with Crippen LogP contribution in [0.15, 0.2) is 24.3 Å². The summed E-state index contributed by atoms with van der Waals surface area (Å²) in [6.45, 7) is 10.3. The molecule has 0 saturated carbocycles. The molecular formula is C18H31N. The SMILES string of the molecule is CCCNC(CCc1cccc(CCC)c1)C(C)C. The first kappa shape index (κ1) is 16.2. The van der Waals surface area contributed by atoms with Gasteiger partial charge in [-0.2, -0.15) is 0 Å². The Morgan fingerprint density at radius 3 is 2.26 bits per heavy atom. The van der Waals surface area contributed by atoms with Crippen LogP contribution in [0.25, 0.3) is 0 Å². The van der Waals surface area contributed by atoms with Gasteiger partial charge in [-0.15, -0.1) is 0 Å². The molecule has 0 fully saturated rings. The third-order valence-electron chi connectivity index (χ3n) is 3.74. The molecule has 1 nitrogen and oxygen atoms in total. The minimum absolute atomic E-state index is 0.648. The Labute approximate surface area is 119 Å². The van der Waals surface area contributed by atoms with Gasteiger partial charge in [-0.1, -0.05) is 58.4 Å². The van der Waals surface area contributed by atoms with E-state index in [1.54, 1.807) is 0 Å². The maximum Gasteiger partial charge on any atom is 0.00932 e. The zero-order valence-electron chi connectivity index (χ0n) is 13.2. The summed E-state index contributed by atoms with van der Waals surface area (Å²) in [4.78, 5) is 0. The van der Waals surface area contributed by atoms with Crippen LogP contribution in [-0.4, -0.2) is 12.6 Å². The summed E-state index contributed by atoms with van der Waals surface area (Å²) in [5.41, 5.74) is 2.98. The largest absolute Gasteiger partial charge is 0.314 e. The number of rotatable bonds is 9. The zero-order valence-corrected chi connectivity index (χ0v) is 13.2. The molecule has 0 spiro atoms. The van der Waals surface area contributed by atoms with E-state index in [4.69, 9.17) is 0 Å². The Morgan fingerprint density at radius 1 is 1.00 bits per heavy atom. The molecule has 0 heterocycles. The van der Waals surface area contributed by atoms with E-state index >= 15 is 0 Å². The molecule has 1 rings (SSSR count). The van der Waals surface area contributed by atoms with E-state index in [0.717, 1.165) is 6.54 Å². The first-order chi connectivity index (χ1) is 9.17. The van der Waals surface area contributed by atoms with Gasteiger partial charge in [0.1, 0.15) is 0 Å². The predicted octanol–water partition coefficient (Wildman–Crippen LogP) is 4.60. The average Bonchev–Trinajstić information content (AvgIpc) is 2.39. The first-order valence-corrected chi connectivity index (χ1v) is 7.98. The molecule has 1 aromatic rings. The average molecular weight is 261 g/mol. The topological polar surface area (TPSA) is 12.0 Å². The second-order valence-corrected chi connectivity index (χ2v) is 5.91. The predicted molar refractivity (Wildman–Crippen MR) is 85.7 cm³/mol. The van der Waals surface area contributed by atoms with Crippen LogP contribution in [0.5, 0.6) is 0 Å². The van der Waals surface area contributed by atoms with Gasteiger partial charge in [0.05, 0.1) is 0 Å². The van der Waals surface area contributed by atoms with Crippen LogP contribution in [0, 0.1) is 5.92 Å². The van der Waals surface area contributed by atoms with Crippen molar-refractivity contribution in [2.75, 3.05) is 6.54 Å². The fraction of sp³-hybridized carbons (Fsp3) is 0.667. The third-order valence-corrected chi connectivity index (χ3v) is 3.74. The molecule has 0 aliphatic carbocycles. The van der Waals surface area contributed by atoms with Crippen molar-refractivity contribution < 1.29 is 0 Å². The molecule has 19 heavy (non-hydrogen) atoms. The summed E-state index contributed by atoms with van der Waals surface area (Å²) in [7, 11) is 0. The minimum atomic E-state index is 0.648. The molecule has 1 aromatic carbocycles. The number of nitrogens with one attached hydrogen (secondary N) is 1. The van der Waals surface area contributed by atoms with Crippen molar-refractivity contribution in [2.45, 2.75) is 65.8 Å². The normalized spacial score (nSPS) is 12.9. The zero-order chi connectivity index (χ0) is 14.1. The Morgan fingerprint density at radius 2 is 1.68 bits per heavy atom. The molecule has 1 atom stereocenters. The quantitative estimate of drug-likeness (QED) is 0.685. The highest BCUT2D eigenvalue weighted by molar-refractivity contribution is 5.23. The van der Waals surface area contributed by atoms with Crippen molar-refractivity contribution in [1.29, 1.82) is 0 Å². The lowest BCUT2D eigenvalue weighted by molar-refractivity contribution is 0.378. The van der Waals surface area contributed by atoms with Crippen LogP contribution in [0.1, 0.15) is 58.1 Å². The van der Waals surface area contributed by atoms with E-state index in [1.165, 1.54) is 43.2 Å². The fourth-order valence-corrected chi connectivity index (χ4v) is 2.55. The van der Waals surface area contributed by atoms with E-state index in [2.05, 4.69) is 57.3 Å². The number of aryl methyl sites for hydroxylation is 2. The van der Waals surface area contributed by atoms with Crippen molar-refractivity contribution >= 4 is 0 Å². The second kappa shape index (κ2) is 9.14. The van der Waals surface area contributed by atoms with Gasteiger partial charge in [0, 0.05) is 6.04 Å². The lowest BCUT2D eigenvalue weighted by Crippen LogP contribution is -2.34. The van der Waals surface area contributed by atoms with Gasteiger partial charge in [0.25, 0.3) is 0 Å². The Bertz CT molecular complexity index is 343. The Kier molecular flexibility index (Phi) is 7.81. The van der Waals surface area contributed by atoms with Crippen LogP contribution in [-0.2, 0) is 12.8 Å². The molecule has 0 radical (unpaired) electrons. The van der Waals surface area contributed by atoms with E-state index < -0.39 is 0 Å².